The molecule has 23 heavy (non-hydrogen) atoms. The molecule has 0 radical (unpaired) electrons. The average Bonchev–Trinajstić information content (AvgIpc) is 2.51. The Morgan fingerprint density at radius 2 is 1.87 bits per heavy atom. The molecule has 0 aliphatic heterocycles. The molecule has 0 fully saturated rings. The first-order valence-corrected chi connectivity index (χ1v) is 7.56. The van der Waals surface area contributed by atoms with E-state index in [9.17, 15) is 14.4 Å². The van der Waals surface area contributed by atoms with Gasteiger partial charge in [0.1, 0.15) is 5.92 Å². The summed E-state index contributed by atoms with van der Waals surface area (Å²) in [5.41, 5.74) is 0.389. The number of benzene rings is 1. The van der Waals surface area contributed by atoms with E-state index in [1.54, 1.807) is 30.3 Å². The van der Waals surface area contributed by atoms with E-state index < -0.39 is 24.3 Å². The fourth-order valence-electron chi connectivity index (χ4n) is 1.71. The number of rotatable bonds is 8. The third kappa shape index (κ3) is 6.12. The largest absolute Gasteiger partial charge is 0.458 e. The smallest absolute Gasteiger partial charge is 0.306 e. The van der Waals surface area contributed by atoms with Crippen LogP contribution < -0.4 is 0 Å². The lowest BCUT2D eigenvalue weighted by Crippen LogP contribution is -2.25. The molecule has 6 nitrogen and oxygen atoms in total. The van der Waals surface area contributed by atoms with Crippen molar-refractivity contribution in [3.05, 3.63) is 34.3 Å². The molecule has 1 aromatic rings. The zero-order valence-electron chi connectivity index (χ0n) is 12.5. The van der Waals surface area contributed by atoms with Crippen LogP contribution in [0.25, 0.3) is 0 Å². The zero-order valence-corrected chi connectivity index (χ0v) is 14.1. The Morgan fingerprint density at radius 1 is 1.26 bits per heavy atom. The van der Waals surface area contributed by atoms with Gasteiger partial charge in [-0.15, -0.1) is 0 Å². The average molecular weight is 379 g/mol. The number of carbonyl (C=O) groups excluding carboxylic acids is 3. The molecule has 0 spiro atoms. The highest BCUT2D eigenvalue weighted by atomic mass is 79.9. The van der Waals surface area contributed by atoms with Crippen molar-refractivity contribution in [2.45, 2.75) is 19.8 Å². The van der Waals surface area contributed by atoms with E-state index in [1.165, 1.54) is 6.92 Å². The Bertz CT molecular complexity index is 662. The van der Waals surface area contributed by atoms with E-state index in [-0.39, 0.29) is 24.3 Å². The van der Waals surface area contributed by atoms with Gasteiger partial charge in [0, 0.05) is 22.2 Å². The number of hydrogen-bond acceptors (Lipinski definition) is 6. The Balaban J connectivity index is 2.41. The molecule has 0 aromatic heterocycles. The van der Waals surface area contributed by atoms with Crippen LogP contribution in [0.1, 0.15) is 30.1 Å². The number of nitrogens with zero attached hydrogens (tertiary/aromatic N) is 1. The minimum absolute atomic E-state index is 0.0278. The number of ether oxygens (including phenoxy) is 1. The van der Waals surface area contributed by atoms with Crippen molar-refractivity contribution in [2.24, 2.45) is 5.92 Å². The predicted octanol–water partition coefficient (Wildman–Crippen LogP) is 2.70. The minimum Gasteiger partial charge on any atom is -0.458 e. The summed E-state index contributed by atoms with van der Waals surface area (Å²) in [5, 5.41) is 16.0. The number of nitriles is 1. The Hall–Kier alpha value is -2.33. The van der Waals surface area contributed by atoms with Crippen LogP contribution in [-0.4, -0.2) is 29.9 Å². The summed E-state index contributed by atoms with van der Waals surface area (Å²) in [6, 6.07) is 8.42. The molecule has 7 heteroatoms. The van der Waals surface area contributed by atoms with E-state index in [4.69, 9.17) is 15.4 Å². The molecule has 1 unspecified atom stereocenters. The zero-order chi connectivity index (χ0) is 17.4. The fraction of sp³-hybridized carbons (Fsp3) is 0.312. The van der Waals surface area contributed by atoms with E-state index in [1.807, 2.05) is 0 Å². The van der Waals surface area contributed by atoms with E-state index >= 15 is 0 Å². The van der Waals surface area contributed by atoms with Crippen LogP contribution in [0.2, 0.25) is 0 Å². The molecule has 120 valence electrons. The summed E-state index contributed by atoms with van der Waals surface area (Å²) in [5.74, 6) is -2.74. The van der Waals surface area contributed by atoms with Gasteiger partial charge in [0.25, 0.3) is 0 Å². The second kappa shape index (κ2) is 8.96. The molecular formula is C16H15BrN2O4. The van der Waals surface area contributed by atoms with Gasteiger partial charge in [0.2, 0.25) is 0 Å². The topological polar surface area (TPSA) is 108 Å². The lowest BCUT2D eigenvalue weighted by atomic mass is 10.0. The van der Waals surface area contributed by atoms with Crippen molar-refractivity contribution in [3.63, 3.8) is 0 Å². The molecule has 0 aliphatic rings. The lowest BCUT2D eigenvalue weighted by molar-refractivity contribution is -0.148. The highest BCUT2D eigenvalue weighted by Gasteiger charge is 2.21. The Morgan fingerprint density at radius 3 is 2.39 bits per heavy atom. The van der Waals surface area contributed by atoms with Crippen LogP contribution in [0.4, 0.5) is 0 Å². The van der Waals surface area contributed by atoms with Crippen molar-refractivity contribution in [2.75, 3.05) is 6.61 Å². The number of esters is 1. The second-order valence-electron chi connectivity index (χ2n) is 4.80. The Labute approximate surface area is 142 Å². The van der Waals surface area contributed by atoms with Gasteiger partial charge in [-0.3, -0.25) is 14.4 Å². The number of carbonyl (C=O) groups is 3. The van der Waals surface area contributed by atoms with Crippen molar-refractivity contribution in [3.8, 4) is 6.07 Å². The number of ketones is 2. The standard InChI is InChI=1S/C16H15BrN2O4/c1-10(19)13(8-18)15(21)9-23-16(22)7-6-14(20)11-2-4-12(17)5-3-11/h2-5,13,19H,6-7,9H2,1H3. The molecular weight excluding hydrogens is 364 g/mol. The van der Waals surface area contributed by atoms with Crippen LogP contribution >= 0.6 is 15.9 Å². The molecule has 1 atom stereocenters. The second-order valence-corrected chi connectivity index (χ2v) is 5.72. The van der Waals surface area contributed by atoms with E-state index in [0.29, 0.717) is 5.56 Å². The van der Waals surface area contributed by atoms with Gasteiger partial charge in [-0.2, -0.15) is 5.26 Å². The molecule has 0 heterocycles. The number of nitrogens with one attached hydrogen (secondary N) is 1. The maximum absolute atomic E-state index is 11.9. The molecule has 0 saturated heterocycles. The molecule has 1 N–H and O–H groups in total. The summed E-state index contributed by atoms with van der Waals surface area (Å²) in [7, 11) is 0. The van der Waals surface area contributed by atoms with Crippen LogP contribution in [0, 0.1) is 22.7 Å². The van der Waals surface area contributed by atoms with Crippen molar-refractivity contribution < 1.29 is 19.1 Å². The first-order chi connectivity index (χ1) is 10.8. The Kier molecular flexibility index (Phi) is 7.29. The third-order valence-electron chi connectivity index (χ3n) is 2.98. The molecule has 0 aliphatic carbocycles. The van der Waals surface area contributed by atoms with Crippen LogP contribution in [-0.2, 0) is 14.3 Å². The monoisotopic (exact) mass is 378 g/mol. The summed E-state index contributed by atoms with van der Waals surface area (Å²) in [4.78, 5) is 35.0. The summed E-state index contributed by atoms with van der Waals surface area (Å²) in [6.45, 7) is 0.768. The maximum Gasteiger partial charge on any atom is 0.306 e. The van der Waals surface area contributed by atoms with Crippen LogP contribution in [0.3, 0.4) is 0 Å². The van der Waals surface area contributed by atoms with Gasteiger partial charge < -0.3 is 10.1 Å². The highest BCUT2D eigenvalue weighted by Crippen LogP contribution is 2.13. The first-order valence-electron chi connectivity index (χ1n) is 6.77. The van der Waals surface area contributed by atoms with Crippen molar-refractivity contribution >= 4 is 39.2 Å². The number of hydrogen-bond donors (Lipinski definition) is 1. The van der Waals surface area contributed by atoms with E-state index in [0.717, 1.165) is 4.47 Å². The highest BCUT2D eigenvalue weighted by molar-refractivity contribution is 9.10. The number of halogens is 1. The van der Waals surface area contributed by atoms with Crippen LogP contribution in [0.15, 0.2) is 28.7 Å². The lowest BCUT2D eigenvalue weighted by Gasteiger charge is -2.07. The molecule has 0 amide bonds. The molecule has 1 rings (SSSR count). The van der Waals surface area contributed by atoms with Crippen molar-refractivity contribution in [1.82, 2.24) is 0 Å². The SMILES string of the molecule is CC(=N)C(C#N)C(=O)COC(=O)CCC(=O)c1ccc(Br)cc1. The minimum atomic E-state index is -1.20. The van der Waals surface area contributed by atoms with Gasteiger partial charge in [0.15, 0.2) is 18.2 Å². The van der Waals surface area contributed by atoms with E-state index in [2.05, 4.69) is 15.9 Å². The third-order valence-corrected chi connectivity index (χ3v) is 3.51. The van der Waals surface area contributed by atoms with Gasteiger partial charge in [-0.1, -0.05) is 28.1 Å². The first kappa shape index (κ1) is 18.7. The molecule has 0 saturated carbocycles. The van der Waals surface area contributed by atoms with Gasteiger partial charge in [-0.25, -0.2) is 0 Å². The van der Waals surface area contributed by atoms with Crippen LogP contribution in [0.5, 0.6) is 0 Å². The molecule has 1 aromatic carbocycles. The van der Waals surface area contributed by atoms with Gasteiger partial charge in [0.05, 0.1) is 12.5 Å². The van der Waals surface area contributed by atoms with Crippen molar-refractivity contribution in [1.29, 1.82) is 10.7 Å². The van der Waals surface area contributed by atoms with Gasteiger partial charge in [-0.05, 0) is 19.1 Å². The number of Topliss-reactive ketones (excluding diaryl/α,β-unsaturated/α-hetero) is 2. The normalized spacial score (nSPS) is 11.2. The summed E-state index contributed by atoms with van der Waals surface area (Å²) < 4.78 is 5.59. The maximum atomic E-state index is 11.9. The summed E-state index contributed by atoms with van der Waals surface area (Å²) in [6.07, 6.45) is -0.178. The predicted molar refractivity (Wildman–Crippen MR) is 86.2 cm³/mol. The summed E-state index contributed by atoms with van der Waals surface area (Å²) >= 11 is 3.26. The quantitative estimate of drug-likeness (QED) is 0.424. The van der Waals surface area contributed by atoms with Gasteiger partial charge >= 0.3 is 5.97 Å². The molecule has 0 bridgehead atoms. The fourth-order valence-corrected chi connectivity index (χ4v) is 1.98.